The number of para-hydroxylation sites is 1. The molecule has 4 rings (SSSR count). The maximum atomic E-state index is 13.2. The van der Waals surface area contributed by atoms with Crippen molar-refractivity contribution in [2.45, 2.75) is 12.1 Å². The van der Waals surface area contributed by atoms with Crippen molar-refractivity contribution in [1.82, 2.24) is 9.55 Å². The van der Waals surface area contributed by atoms with Crippen LogP contribution in [0.3, 0.4) is 0 Å². The van der Waals surface area contributed by atoms with E-state index in [1.165, 1.54) is 16.3 Å². The zero-order valence-corrected chi connectivity index (χ0v) is 18.1. The van der Waals surface area contributed by atoms with E-state index in [0.717, 1.165) is 5.56 Å². The Labute approximate surface area is 188 Å². The van der Waals surface area contributed by atoms with Crippen molar-refractivity contribution in [3.63, 3.8) is 0 Å². The summed E-state index contributed by atoms with van der Waals surface area (Å²) < 4.78 is 1.53. The van der Waals surface area contributed by atoms with Crippen LogP contribution < -0.4 is 16.6 Å². The summed E-state index contributed by atoms with van der Waals surface area (Å²) in [7, 11) is 0. The summed E-state index contributed by atoms with van der Waals surface area (Å²) in [5, 5.41) is 3.71. The zero-order chi connectivity index (χ0) is 22.7. The first-order chi connectivity index (χ1) is 15.4. The number of rotatable bonds is 6. The summed E-state index contributed by atoms with van der Waals surface area (Å²) >= 11 is 1.18. The number of aryl methyl sites for hydroxylation is 1. The van der Waals surface area contributed by atoms with Crippen LogP contribution in [-0.4, -0.2) is 27.1 Å². The number of fused-ring (bicyclic) bond motifs is 1. The molecule has 0 bridgehead atoms. The third-order valence-corrected chi connectivity index (χ3v) is 5.76. The van der Waals surface area contributed by atoms with E-state index >= 15 is 0 Å². The lowest BCUT2D eigenvalue weighted by Crippen LogP contribution is -2.23. The monoisotopic (exact) mass is 444 g/mol. The first kappa shape index (κ1) is 21.3. The highest BCUT2D eigenvalue weighted by atomic mass is 32.2. The van der Waals surface area contributed by atoms with E-state index in [1.54, 1.807) is 42.5 Å². The van der Waals surface area contributed by atoms with Crippen LogP contribution in [0.1, 0.15) is 15.9 Å². The second-order valence-electron chi connectivity index (χ2n) is 7.17. The van der Waals surface area contributed by atoms with Gasteiger partial charge in [-0.3, -0.25) is 19.0 Å². The van der Waals surface area contributed by atoms with Crippen molar-refractivity contribution in [2.75, 3.05) is 11.1 Å². The number of nitrogens with two attached hydrogens (primary N) is 1. The molecule has 0 radical (unpaired) electrons. The topological polar surface area (TPSA) is 107 Å². The van der Waals surface area contributed by atoms with Gasteiger partial charge in [0.05, 0.1) is 22.3 Å². The van der Waals surface area contributed by atoms with E-state index in [4.69, 9.17) is 5.73 Å². The van der Waals surface area contributed by atoms with Gasteiger partial charge in [-0.2, -0.15) is 0 Å². The third-order valence-electron chi connectivity index (χ3n) is 4.82. The molecule has 8 heteroatoms. The predicted octanol–water partition coefficient (Wildman–Crippen LogP) is 3.52. The number of carbonyl (C=O) groups excluding carboxylic acids is 2. The minimum atomic E-state index is -0.533. The van der Waals surface area contributed by atoms with Gasteiger partial charge in [0.15, 0.2) is 5.16 Å². The standard InChI is InChI=1S/C24H20N4O3S/c1-15-6-12-18(13-7-15)28-23(31)19-4-2-3-5-20(19)27-24(28)32-14-21(29)26-17-10-8-16(9-11-17)22(25)30/h2-13H,14H2,1H3,(H2,25,30)(H,26,29). The number of hydrogen-bond acceptors (Lipinski definition) is 5. The first-order valence-electron chi connectivity index (χ1n) is 9.84. The van der Waals surface area contributed by atoms with Gasteiger partial charge in [0.1, 0.15) is 0 Å². The summed E-state index contributed by atoms with van der Waals surface area (Å²) in [4.78, 5) is 41.6. The maximum Gasteiger partial charge on any atom is 0.266 e. The average Bonchev–Trinajstić information content (AvgIpc) is 2.79. The Balaban J connectivity index is 1.61. The lowest BCUT2D eigenvalue weighted by molar-refractivity contribution is -0.113. The van der Waals surface area contributed by atoms with Gasteiger partial charge in [0.25, 0.3) is 5.56 Å². The molecule has 3 aromatic carbocycles. The van der Waals surface area contributed by atoms with Crippen LogP contribution in [0.4, 0.5) is 5.69 Å². The highest BCUT2D eigenvalue weighted by molar-refractivity contribution is 7.99. The number of primary amides is 1. The minimum Gasteiger partial charge on any atom is -0.366 e. The molecular formula is C24H20N4O3S. The fraction of sp³-hybridized carbons (Fsp3) is 0.0833. The van der Waals surface area contributed by atoms with Crippen molar-refractivity contribution in [3.05, 3.63) is 94.3 Å². The van der Waals surface area contributed by atoms with Crippen LogP contribution in [-0.2, 0) is 4.79 Å². The van der Waals surface area contributed by atoms with Crippen LogP contribution in [0.2, 0.25) is 0 Å². The van der Waals surface area contributed by atoms with E-state index in [-0.39, 0.29) is 17.2 Å². The Morgan fingerprint density at radius 3 is 2.38 bits per heavy atom. The summed E-state index contributed by atoms with van der Waals surface area (Å²) in [6.07, 6.45) is 0. The zero-order valence-electron chi connectivity index (χ0n) is 17.2. The van der Waals surface area contributed by atoms with Gasteiger partial charge in [-0.1, -0.05) is 41.6 Å². The van der Waals surface area contributed by atoms with Crippen LogP contribution in [0.15, 0.2) is 82.7 Å². The highest BCUT2D eigenvalue weighted by Crippen LogP contribution is 2.22. The summed E-state index contributed by atoms with van der Waals surface area (Å²) in [6.45, 7) is 1.97. The number of aromatic nitrogens is 2. The van der Waals surface area contributed by atoms with Crippen molar-refractivity contribution in [3.8, 4) is 5.69 Å². The molecule has 4 aromatic rings. The molecule has 0 atom stereocenters. The van der Waals surface area contributed by atoms with Gasteiger partial charge in [0.2, 0.25) is 11.8 Å². The van der Waals surface area contributed by atoms with Gasteiger partial charge < -0.3 is 11.1 Å². The number of benzene rings is 3. The van der Waals surface area contributed by atoms with E-state index < -0.39 is 5.91 Å². The Kier molecular flexibility index (Phi) is 6.04. The Hall–Kier alpha value is -3.91. The van der Waals surface area contributed by atoms with Gasteiger partial charge in [0, 0.05) is 11.3 Å². The first-order valence-corrected chi connectivity index (χ1v) is 10.8. The second-order valence-corrected chi connectivity index (χ2v) is 8.11. The summed E-state index contributed by atoms with van der Waals surface area (Å²) in [6, 6.07) is 21.0. The Bertz CT molecular complexity index is 1360. The van der Waals surface area contributed by atoms with Gasteiger partial charge in [-0.05, 0) is 55.5 Å². The van der Waals surface area contributed by atoms with Crippen molar-refractivity contribution >= 4 is 40.2 Å². The molecule has 2 amide bonds. The van der Waals surface area contributed by atoms with E-state index in [1.807, 2.05) is 37.3 Å². The molecule has 0 unspecified atom stereocenters. The minimum absolute atomic E-state index is 0.0498. The van der Waals surface area contributed by atoms with Crippen molar-refractivity contribution < 1.29 is 9.59 Å². The quantitative estimate of drug-likeness (QED) is 0.350. The molecule has 0 aliphatic carbocycles. The molecule has 0 aliphatic rings. The number of amides is 2. The SMILES string of the molecule is Cc1ccc(-n2c(SCC(=O)Nc3ccc(C(N)=O)cc3)nc3ccccc3c2=O)cc1. The Morgan fingerprint density at radius 1 is 1.00 bits per heavy atom. The second kappa shape index (κ2) is 9.07. The van der Waals surface area contributed by atoms with Gasteiger partial charge >= 0.3 is 0 Å². The largest absolute Gasteiger partial charge is 0.366 e. The van der Waals surface area contributed by atoms with Crippen LogP contribution in [0.5, 0.6) is 0 Å². The lowest BCUT2D eigenvalue weighted by atomic mass is 10.2. The average molecular weight is 445 g/mol. The van der Waals surface area contributed by atoms with E-state index in [2.05, 4.69) is 10.3 Å². The van der Waals surface area contributed by atoms with Crippen molar-refractivity contribution in [1.29, 1.82) is 0 Å². The summed E-state index contributed by atoms with van der Waals surface area (Å²) in [5.41, 5.74) is 8.28. The fourth-order valence-electron chi connectivity index (χ4n) is 3.18. The van der Waals surface area contributed by atoms with Gasteiger partial charge in [-0.25, -0.2) is 4.98 Å². The maximum absolute atomic E-state index is 13.2. The molecule has 0 saturated carbocycles. The predicted molar refractivity (Wildman–Crippen MR) is 126 cm³/mol. The number of thioether (sulfide) groups is 1. The van der Waals surface area contributed by atoms with Crippen LogP contribution >= 0.6 is 11.8 Å². The molecule has 7 nitrogen and oxygen atoms in total. The number of nitrogens with zero attached hydrogens (tertiary/aromatic N) is 2. The Morgan fingerprint density at radius 2 is 1.69 bits per heavy atom. The van der Waals surface area contributed by atoms with E-state index in [0.29, 0.717) is 33.0 Å². The lowest BCUT2D eigenvalue weighted by Gasteiger charge is -2.13. The highest BCUT2D eigenvalue weighted by Gasteiger charge is 2.15. The molecule has 3 N–H and O–H groups in total. The smallest absolute Gasteiger partial charge is 0.266 e. The number of anilines is 1. The molecule has 0 saturated heterocycles. The number of nitrogens with one attached hydrogen (secondary N) is 1. The van der Waals surface area contributed by atoms with Crippen LogP contribution in [0.25, 0.3) is 16.6 Å². The molecule has 0 spiro atoms. The molecule has 1 aromatic heterocycles. The number of carbonyl (C=O) groups is 2. The summed E-state index contributed by atoms with van der Waals surface area (Å²) in [5.74, 6) is -0.747. The molecule has 1 heterocycles. The van der Waals surface area contributed by atoms with Gasteiger partial charge in [-0.15, -0.1) is 0 Å². The number of hydrogen-bond donors (Lipinski definition) is 2. The molecule has 160 valence electrons. The normalized spacial score (nSPS) is 10.8. The fourth-order valence-corrected chi connectivity index (χ4v) is 3.99. The molecule has 0 aliphatic heterocycles. The van der Waals surface area contributed by atoms with Crippen LogP contribution in [0, 0.1) is 6.92 Å². The molecule has 0 fully saturated rings. The molecular weight excluding hydrogens is 424 g/mol. The van der Waals surface area contributed by atoms with Crippen molar-refractivity contribution in [2.24, 2.45) is 5.73 Å². The molecule has 32 heavy (non-hydrogen) atoms. The third kappa shape index (κ3) is 4.55. The van der Waals surface area contributed by atoms with E-state index in [9.17, 15) is 14.4 Å².